The SMILES string of the molecule is CCN1C(=O)/C(=C/C=C2/Sc3ccccc3N2CC)SC1=Nc1cccc2ccccc12. The Morgan fingerprint density at radius 1 is 0.844 bits per heavy atom. The molecule has 6 heteroatoms. The zero-order valence-electron chi connectivity index (χ0n) is 18.0. The Labute approximate surface area is 196 Å². The van der Waals surface area contributed by atoms with E-state index >= 15 is 0 Å². The molecule has 0 saturated carbocycles. The first-order valence-corrected chi connectivity index (χ1v) is 12.4. The molecule has 0 N–H and O–H groups in total. The monoisotopic (exact) mass is 457 g/mol. The molecule has 3 aromatic carbocycles. The summed E-state index contributed by atoms with van der Waals surface area (Å²) in [6, 6.07) is 22.7. The number of carbonyl (C=O) groups is 1. The number of likely N-dealkylation sites (N-methyl/N-ethyl adjacent to an activating group) is 1. The van der Waals surface area contributed by atoms with E-state index in [4.69, 9.17) is 4.99 Å². The molecule has 2 aliphatic heterocycles. The van der Waals surface area contributed by atoms with E-state index in [0.29, 0.717) is 11.4 Å². The highest BCUT2D eigenvalue weighted by Gasteiger charge is 2.32. The molecule has 1 amide bonds. The molecule has 0 aliphatic carbocycles. The molecule has 2 aliphatic rings. The average Bonchev–Trinajstić information content (AvgIpc) is 3.33. The van der Waals surface area contributed by atoms with Crippen molar-refractivity contribution in [3.8, 4) is 0 Å². The third-order valence-corrected chi connectivity index (χ3v) is 7.67. The summed E-state index contributed by atoms with van der Waals surface area (Å²) in [5.74, 6) is 0.0110. The molecule has 4 nitrogen and oxygen atoms in total. The number of aliphatic imine (C=N–C) groups is 1. The molecule has 3 aromatic rings. The van der Waals surface area contributed by atoms with E-state index in [2.05, 4.69) is 60.4 Å². The number of thioether (sulfide) groups is 2. The molecule has 0 unspecified atom stereocenters. The van der Waals surface area contributed by atoms with Crippen LogP contribution < -0.4 is 4.90 Å². The van der Waals surface area contributed by atoms with Gasteiger partial charge in [-0.3, -0.25) is 9.69 Å². The molecule has 0 bridgehead atoms. The second-order valence-corrected chi connectivity index (χ2v) is 9.47. The van der Waals surface area contributed by atoms with Gasteiger partial charge in [-0.1, -0.05) is 60.3 Å². The first-order valence-electron chi connectivity index (χ1n) is 10.7. The van der Waals surface area contributed by atoms with Gasteiger partial charge >= 0.3 is 0 Å². The van der Waals surface area contributed by atoms with E-state index in [0.717, 1.165) is 33.2 Å². The Balaban J connectivity index is 1.47. The normalized spacial score (nSPS) is 19.7. The zero-order valence-corrected chi connectivity index (χ0v) is 19.6. The minimum absolute atomic E-state index is 0.0110. The number of anilines is 1. The molecule has 5 rings (SSSR count). The molecule has 160 valence electrons. The van der Waals surface area contributed by atoms with Crippen LogP contribution in [-0.4, -0.2) is 29.1 Å². The molecule has 2 heterocycles. The first-order chi connectivity index (χ1) is 15.7. The lowest BCUT2D eigenvalue weighted by molar-refractivity contribution is -0.122. The predicted molar refractivity (Wildman–Crippen MR) is 138 cm³/mol. The summed E-state index contributed by atoms with van der Waals surface area (Å²) in [6.07, 6.45) is 4.00. The topological polar surface area (TPSA) is 35.9 Å². The van der Waals surface area contributed by atoms with Crippen molar-refractivity contribution in [1.82, 2.24) is 4.90 Å². The predicted octanol–water partition coefficient (Wildman–Crippen LogP) is 6.78. The van der Waals surface area contributed by atoms with Crippen LogP contribution in [0.5, 0.6) is 0 Å². The van der Waals surface area contributed by atoms with Gasteiger partial charge in [-0.25, -0.2) is 4.99 Å². The van der Waals surface area contributed by atoms with Crippen molar-refractivity contribution in [2.75, 3.05) is 18.0 Å². The van der Waals surface area contributed by atoms with Gasteiger partial charge in [-0.05, 0) is 61.3 Å². The molecular formula is C26H23N3OS2. The van der Waals surface area contributed by atoms with Gasteiger partial charge in [0.1, 0.15) is 0 Å². The van der Waals surface area contributed by atoms with Crippen molar-refractivity contribution in [2.45, 2.75) is 18.7 Å². The number of fused-ring (bicyclic) bond motifs is 2. The molecule has 1 saturated heterocycles. The smallest absolute Gasteiger partial charge is 0.266 e. The van der Waals surface area contributed by atoms with Crippen LogP contribution in [0.15, 0.2) is 98.7 Å². The number of carbonyl (C=O) groups excluding carboxylic acids is 1. The maximum absolute atomic E-state index is 13.1. The molecule has 1 fully saturated rings. The molecule has 0 radical (unpaired) electrons. The van der Waals surface area contributed by atoms with Gasteiger partial charge in [0.25, 0.3) is 5.91 Å². The van der Waals surface area contributed by atoms with Crippen LogP contribution in [0, 0.1) is 0 Å². The Morgan fingerprint density at radius 3 is 2.44 bits per heavy atom. The van der Waals surface area contributed by atoms with E-state index in [9.17, 15) is 4.79 Å². The van der Waals surface area contributed by atoms with Crippen LogP contribution in [0.3, 0.4) is 0 Å². The summed E-state index contributed by atoms with van der Waals surface area (Å²) in [5.41, 5.74) is 2.11. The second kappa shape index (κ2) is 8.88. The maximum Gasteiger partial charge on any atom is 0.266 e. The lowest BCUT2D eigenvalue weighted by Gasteiger charge is -2.17. The number of amides is 1. The molecule has 0 spiro atoms. The number of hydrogen-bond acceptors (Lipinski definition) is 5. The van der Waals surface area contributed by atoms with Crippen molar-refractivity contribution < 1.29 is 4.79 Å². The number of para-hydroxylation sites is 1. The van der Waals surface area contributed by atoms with Crippen LogP contribution in [0.2, 0.25) is 0 Å². The quantitative estimate of drug-likeness (QED) is 0.405. The number of nitrogens with zero attached hydrogens (tertiary/aromatic N) is 3. The Morgan fingerprint density at radius 2 is 1.59 bits per heavy atom. The number of rotatable bonds is 4. The van der Waals surface area contributed by atoms with E-state index in [-0.39, 0.29) is 5.91 Å². The molecule has 32 heavy (non-hydrogen) atoms. The van der Waals surface area contributed by atoms with Crippen LogP contribution in [0.25, 0.3) is 10.8 Å². The number of hydrogen-bond donors (Lipinski definition) is 0. The van der Waals surface area contributed by atoms with Crippen LogP contribution in [0.4, 0.5) is 11.4 Å². The van der Waals surface area contributed by atoms with Crippen molar-refractivity contribution in [1.29, 1.82) is 0 Å². The average molecular weight is 458 g/mol. The van der Waals surface area contributed by atoms with Gasteiger partial charge in [-0.2, -0.15) is 0 Å². The van der Waals surface area contributed by atoms with Crippen molar-refractivity contribution in [3.63, 3.8) is 0 Å². The van der Waals surface area contributed by atoms with Gasteiger partial charge < -0.3 is 4.90 Å². The zero-order chi connectivity index (χ0) is 22.1. The van der Waals surface area contributed by atoms with Crippen molar-refractivity contribution in [3.05, 3.63) is 88.8 Å². The minimum atomic E-state index is 0.0110. The highest BCUT2D eigenvalue weighted by atomic mass is 32.2. The minimum Gasteiger partial charge on any atom is -0.335 e. The van der Waals surface area contributed by atoms with Gasteiger partial charge in [0.15, 0.2) is 5.17 Å². The Bertz CT molecular complexity index is 1290. The number of benzene rings is 3. The van der Waals surface area contributed by atoms with Gasteiger partial charge in [-0.15, -0.1) is 0 Å². The second-order valence-electron chi connectivity index (χ2n) is 7.39. The Kier molecular flexibility index (Phi) is 5.81. The van der Waals surface area contributed by atoms with Gasteiger partial charge in [0.2, 0.25) is 0 Å². The summed E-state index contributed by atoms with van der Waals surface area (Å²) >= 11 is 3.19. The van der Waals surface area contributed by atoms with Crippen LogP contribution >= 0.6 is 23.5 Å². The van der Waals surface area contributed by atoms with Crippen molar-refractivity contribution in [2.24, 2.45) is 4.99 Å². The maximum atomic E-state index is 13.1. The third kappa shape index (κ3) is 3.74. The van der Waals surface area contributed by atoms with E-state index < -0.39 is 0 Å². The fourth-order valence-corrected chi connectivity index (χ4v) is 6.07. The van der Waals surface area contributed by atoms with E-state index in [1.807, 2.05) is 37.3 Å². The number of amidine groups is 1. The highest BCUT2D eigenvalue weighted by Crippen LogP contribution is 2.46. The number of allylic oxidation sites excluding steroid dienone is 2. The lowest BCUT2D eigenvalue weighted by Crippen LogP contribution is -2.28. The summed E-state index contributed by atoms with van der Waals surface area (Å²) in [7, 11) is 0. The largest absolute Gasteiger partial charge is 0.335 e. The lowest BCUT2D eigenvalue weighted by atomic mass is 10.1. The standard InChI is InChI=1S/C26H23N3OS2/c1-3-28-21-14-7-8-15-22(21)31-24(28)17-16-23-25(30)29(4-2)26(32-23)27-20-13-9-11-18-10-5-6-12-19(18)20/h5-17H,3-4H2,1-2H3/b23-16-,24-17+,27-26?. The van der Waals surface area contributed by atoms with E-state index in [1.54, 1.807) is 16.7 Å². The summed E-state index contributed by atoms with van der Waals surface area (Å²) in [4.78, 5) is 24.0. The van der Waals surface area contributed by atoms with Gasteiger partial charge in [0.05, 0.1) is 21.3 Å². The van der Waals surface area contributed by atoms with Crippen molar-refractivity contribution >= 4 is 56.7 Å². The van der Waals surface area contributed by atoms with Crippen LogP contribution in [0.1, 0.15) is 13.8 Å². The summed E-state index contributed by atoms with van der Waals surface area (Å²) in [5, 5.41) is 4.10. The summed E-state index contributed by atoms with van der Waals surface area (Å²) < 4.78 is 0. The molecule has 0 aromatic heterocycles. The molecular weight excluding hydrogens is 434 g/mol. The van der Waals surface area contributed by atoms with Gasteiger partial charge in [0, 0.05) is 23.4 Å². The van der Waals surface area contributed by atoms with Crippen LogP contribution in [-0.2, 0) is 4.79 Å². The fourth-order valence-electron chi connectivity index (χ4n) is 3.94. The van der Waals surface area contributed by atoms with E-state index in [1.165, 1.54) is 22.3 Å². The fraction of sp³-hybridized carbons (Fsp3) is 0.154. The summed E-state index contributed by atoms with van der Waals surface area (Å²) in [6.45, 7) is 5.60. The molecule has 0 atom stereocenters. The first kappa shape index (κ1) is 20.9. The third-order valence-electron chi connectivity index (χ3n) is 5.52. The Hall–Kier alpha value is -2.96. The highest BCUT2D eigenvalue weighted by molar-refractivity contribution is 8.18.